The van der Waals surface area contributed by atoms with E-state index in [1.54, 1.807) is 11.8 Å². The van der Waals surface area contributed by atoms with Crippen molar-refractivity contribution in [3.05, 3.63) is 34.6 Å². The predicted molar refractivity (Wildman–Crippen MR) is 91.2 cm³/mol. The zero-order valence-electron chi connectivity index (χ0n) is 13.0. The molecule has 0 aliphatic carbocycles. The van der Waals surface area contributed by atoms with Crippen LogP contribution in [-0.4, -0.2) is 33.6 Å². The molecule has 7 heteroatoms. The van der Waals surface area contributed by atoms with Gasteiger partial charge in [0.05, 0.1) is 6.10 Å². The molecule has 0 amide bonds. The highest BCUT2D eigenvalue weighted by Gasteiger charge is 2.15. The molecule has 1 aromatic heterocycles. The lowest BCUT2D eigenvalue weighted by molar-refractivity contribution is 0.0315. The molecule has 1 aromatic carbocycles. The van der Waals surface area contributed by atoms with Gasteiger partial charge in [-0.15, -0.1) is 5.10 Å². The van der Waals surface area contributed by atoms with Crippen LogP contribution in [0.25, 0.3) is 0 Å². The minimum Gasteiger partial charge on any atom is -0.486 e. The fourth-order valence-corrected chi connectivity index (χ4v) is 3.37. The van der Waals surface area contributed by atoms with Crippen LogP contribution in [0.15, 0.2) is 23.4 Å². The smallest absolute Gasteiger partial charge is 0.208 e. The molecule has 124 valence electrons. The number of thioether (sulfide) groups is 1. The lowest BCUT2D eigenvalue weighted by atomic mass is 10.1. The average Bonchev–Trinajstić information content (AvgIpc) is 3.03. The number of aromatic nitrogens is 3. The van der Waals surface area contributed by atoms with Crippen molar-refractivity contribution in [3.63, 3.8) is 0 Å². The van der Waals surface area contributed by atoms with Crippen molar-refractivity contribution in [2.24, 2.45) is 0 Å². The molecule has 1 atom stereocenters. The maximum Gasteiger partial charge on any atom is 0.208 e. The highest BCUT2D eigenvalue weighted by atomic mass is 35.5. The van der Waals surface area contributed by atoms with E-state index in [1.807, 2.05) is 25.1 Å². The Morgan fingerprint density at radius 3 is 3.13 bits per heavy atom. The molecule has 1 N–H and O–H groups in total. The minimum absolute atomic E-state index is 0.323. The fraction of sp³-hybridized carbons (Fsp3) is 0.500. The van der Waals surface area contributed by atoms with Crippen molar-refractivity contribution in [2.75, 3.05) is 12.4 Å². The summed E-state index contributed by atoms with van der Waals surface area (Å²) in [7, 11) is 0. The molecule has 0 unspecified atom stereocenters. The van der Waals surface area contributed by atoms with Crippen LogP contribution >= 0.6 is 23.4 Å². The molecule has 3 rings (SSSR count). The van der Waals surface area contributed by atoms with E-state index < -0.39 is 0 Å². The van der Waals surface area contributed by atoms with Crippen LogP contribution in [0.2, 0.25) is 5.02 Å². The summed E-state index contributed by atoms with van der Waals surface area (Å²) in [6.45, 7) is 3.18. The molecular weight excluding hydrogens is 334 g/mol. The number of ether oxygens (including phenoxy) is 2. The lowest BCUT2D eigenvalue weighted by Crippen LogP contribution is -2.21. The predicted octanol–water partition coefficient (Wildman–Crippen LogP) is 4.01. The van der Waals surface area contributed by atoms with Crippen LogP contribution in [0, 0.1) is 6.92 Å². The number of aryl methyl sites for hydroxylation is 1. The summed E-state index contributed by atoms with van der Waals surface area (Å²) in [6.07, 6.45) is 3.87. The van der Waals surface area contributed by atoms with E-state index in [0.29, 0.717) is 18.5 Å². The normalized spacial score (nSPS) is 18.1. The molecule has 2 heterocycles. The van der Waals surface area contributed by atoms with Gasteiger partial charge in [-0.3, -0.25) is 5.10 Å². The number of rotatable bonds is 6. The second-order valence-corrected chi connectivity index (χ2v) is 6.96. The molecule has 2 aromatic rings. The van der Waals surface area contributed by atoms with Gasteiger partial charge in [-0.05, 0) is 49.9 Å². The first-order valence-corrected chi connectivity index (χ1v) is 9.12. The van der Waals surface area contributed by atoms with Crippen LogP contribution < -0.4 is 4.74 Å². The van der Waals surface area contributed by atoms with Crippen molar-refractivity contribution < 1.29 is 9.47 Å². The van der Waals surface area contributed by atoms with Gasteiger partial charge in [0.1, 0.15) is 12.4 Å². The number of nitrogens with zero attached hydrogens (tertiary/aromatic N) is 2. The first kappa shape index (κ1) is 16.6. The topological polar surface area (TPSA) is 60.0 Å². The first-order valence-electron chi connectivity index (χ1n) is 7.75. The Bertz CT molecular complexity index is 644. The molecule has 1 fully saturated rings. The summed E-state index contributed by atoms with van der Waals surface area (Å²) in [5, 5.41) is 8.61. The third kappa shape index (κ3) is 4.86. The highest BCUT2D eigenvalue weighted by molar-refractivity contribution is 7.99. The molecule has 0 bridgehead atoms. The van der Waals surface area contributed by atoms with Crippen LogP contribution in [0.3, 0.4) is 0 Å². The number of hydrogen-bond acceptors (Lipinski definition) is 5. The number of H-pyrrole nitrogens is 1. The number of benzene rings is 1. The van der Waals surface area contributed by atoms with E-state index in [2.05, 4.69) is 15.2 Å². The number of nitrogens with one attached hydrogen (secondary N) is 1. The van der Waals surface area contributed by atoms with Gasteiger partial charge in [0.2, 0.25) is 5.16 Å². The van der Waals surface area contributed by atoms with E-state index in [1.165, 1.54) is 12.8 Å². The largest absolute Gasteiger partial charge is 0.486 e. The number of halogens is 1. The van der Waals surface area contributed by atoms with Crippen molar-refractivity contribution in [2.45, 2.75) is 44.1 Å². The first-order chi connectivity index (χ1) is 11.2. The lowest BCUT2D eigenvalue weighted by Gasteiger charge is -2.21. The second kappa shape index (κ2) is 8.04. The second-order valence-electron chi connectivity index (χ2n) is 5.56. The maximum absolute atomic E-state index is 6.00. The Labute approximate surface area is 145 Å². The minimum atomic E-state index is 0.323. The molecule has 1 aliphatic heterocycles. The number of hydrogen-bond donors (Lipinski definition) is 1. The van der Waals surface area contributed by atoms with Crippen molar-refractivity contribution in [3.8, 4) is 5.75 Å². The van der Waals surface area contributed by atoms with E-state index >= 15 is 0 Å². The fourth-order valence-electron chi connectivity index (χ4n) is 2.37. The Balaban J connectivity index is 1.47. The molecule has 23 heavy (non-hydrogen) atoms. The van der Waals surface area contributed by atoms with E-state index in [9.17, 15) is 0 Å². The van der Waals surface area contributed by atoms with Crippen molar-refractivity contribution in [1.82, 2.24) is 15.2 Å². The van der Waals surface area contributed by atoms with Crippen LogP contribution in [0.5, 0.6) is 5.75 Å². The zero-order chi connectivity index (χ0) is 16.1. The molecule has 1 aliphatic rings. The van der Waals surface area contributed by atoms with Crippen molar-refractivity contribution >= 4 is 23.4 Å². The molecular formula is C16H20ClN3O2S. The SMILES string of the molecule is Cc1cc(OCc2nc(SC[C@@H]3CCCCO3)n[nH]2)ccc1Cl. The summed E-state index contributed by atoms with van der Waals surface area (Å²) in [5.74, 6) is 2.38. The third-order valence-corrected chi connectivity index (χ3v) is 5.09. The Morgan fingerprint density at radius 1 is 1.43 bits per heavy atom. The standard InChI is InChI=1S/C16H20ClN3O2S/c1-11-8-12(5-6-14(11)17)22-9-15-18-16(20-19-15)23-10-13-4-2-3-7-21-13/h5-6,8,13H,2-4,7,9-10H2,1H3,(H,18,19,20)/t13-/m0/s1. The maximum atomic E-state index is 6.00. The van der Waals surface area contributed by atoms with Gasteiger partial charge >= 0.3 is 0 Å². The van der Waals surface area contributed by atoms with Gasteiger partial charge in [0, 0.05) is 17.4 Å². The van der Waals surface area contributed by atoms with E-state index in [4.69, 9.17) is 21.1 Å². The summed E-state index contributed by atoms with van der Waals surface area (Å²) < 4.78 is 11.4. The molecule has 1 saturated heterocycles. The van der Waals surface area contributed by atoms with Crippen molar-refractivity contribution in [1.29, 1.82) is 0 Å². The van der Waals surface area contributed by atoms with Gasteiger partial charge in [0.15, 0.2) is 5.82 Å². The summed E-state index contributed by atoms with van der Waals surface area (Å²) >= 11 is 7.63. The monoisotopic (exact) mass is 353 g/mol. The molecule has 0 saturated carbocycles. The van der Waals surface area contributed by atoms with Gasteiger partial charge < -0.3 is 9.47 Å². The Kier molecular flexibility index (Phi) is 5.80. The molecule has 5 nitrogen and oxygen atoms in total. The highest BCUT2D eigenvalue weighted by Crippen LogP contribution is 2.23. The summed E-state index contributed by atoms with van der Waals surface area (Å²) in [4.78, 5) is 4.44. The quantitative estimate of drug-likeness (QED) is 0.795. The van der Waals surface area contributed by atoms with Crippen LogP contribution in [0.4, 0.5) is 0 Å². The van der Waals surface area contributed by atoms with E-state index in [-0.39, 0.29) is 0 Å². The van der Waals surface area contributed by atoms with Crippen LogP contribution in [-0.2, 0) is 11.3 Å². The summed E-state index contributed by atoms with van der Waals surface area (Å²) in [6, 6.07) is 5.59. The van der Waals surface area contributed by atoms with Gasteiger partial charge in [-0.25, -0.2) is 4.98 Å². The van der Waals surface area contributed by atoms with Gasteiger partial charge in [0.25, 0.3) is 0 Å². The Hall–Kier alpha value is -1.24. The molecule has 0 spiro atoms. The van der Waals surface area contributed by atoms with Gasteiger partial charge in [-0.1, -0.05) is 23.4 Å². The average molecular weight is 354 g/mol. The zero-order valence-corrected chi connectivity index (χ0v) is 14.6. The van der Waals surface area contributed by atoms with Gasteiger partial charge in [-0.2, -0.15) is 0 Å². The third-order valence-electron chi connectivity index (χ3n) is 3.69. The summed E-state index contributed by atoms with van der Waals surface area (Å²) in [5.41, 5.74) is 0.991. The Morgan fingerprint density at radius 2 is 2.35 bits per heavy atom. The van der Waals surface area contributed by atoms with E-state index in [0.717, 1.165) is 40.3 Å². The molecule has 0 radical (unpaired) electrons. The van der Waals surface area contributed by atoms with Crippen LogP contribution in [0.1, 0.15) is 30.7 Å². The number of aromatic amines is 1.